The Morgan fingerprint density at radius 3 is 2.30 bits per heavy atom. The van der Waals surface area contributed by atoms with Crippen molar-refractivity contribution in [2.24, 2.45) is 0 Å². The number of aryl methyl sites for hydroxylation is 1. The molecule has 1 N–H and O–H groups in total. The molecule has 0 bridgehead atoms. The molecule has 0 saturated heterocycles. The molecular formula is C14H20ClN5. The summed E-state index contributed by atoms with van der Waals surface area (Å²) in [5.41, 5.74) is 1.54. The fourth-order valence-electron chi connectivity index (χ4n) is 1.85. The summed E-state index contributed by atoms with van der Waals surface area (Å²) in [5, 5.41) is 8.18. The van der Waals surface area contributed by atoms with Crippen LogP contribution < -0.4 is 5.32 Å². The van der Waals surface area contributed by atoms with Crippen LogP contribution in [0.3, 0.4) is 0 Å². The summed E-state index contributed by atoms with van der Waals surface area (Å²) in [7, 11) is 1.84. The lowest BCUT2D eigenvalue weighted by Gasteiger charge is -2.18. The topological polar surface area (TPSA) is 55.6 Å². The Kier molecular flexibility index (Phi) is 3.73. The van der Waals surface area contributed by atoms with E-state index >= 15 is 0 Å². The van der Waals surface area contributed by atoms with Crippen LogP contribution in [0.5, 0.6) is 0 Å². The number of hydrogen-bond acceptors (Lipinski definition) is 4. The normalized spacial score (nSPS) is 11.8. The third kappa shape index (κ3) is 2.63. The fourth-order valence-corrected chi connectivity index (χ4v) is 1.97. The Labute approximate surface area is 124 Å². The Bertz CT molecular complexity index is 640. The van der Waals surface area contributed by atoms with Crippen LogP contribution >= 0.6 is 11.6 Å². The molecule has 0 aromatic carbocycles. The molecule has 2 aromatic heterocycles. The van der Waals surface area contributed by atoms with Crippen LogP contribution in [0.15, 0.2) is 6.07 Å². The van der Waals surface area contributed by atoms with E-state index in [1.165, 1.54) is 0 Å². The van der Waals surface area contributed by atoms with Gasteiger partial charge in [0.05, 0.1) is 16.4 Å². The number of rotatable bonds is 2. The van der Waals surface area contributed by atoms with E-state index in [-0.39, 0.29) is 5.41 Å². The van der Waals surface area contributed by atoms with Gasteiger partial charge in [0.15, 0.2) is 5.82 Å². The molecule has 0 aliphatic heterocycles. The molecule has 2 heterocycles. The largest absolute Gasteiger partial charge is 0.373 e. The van der Waals surface area contributed by atoms with Gasteiger partial charge < -0.3 is 5.32 Å². The van der Waals surface area contributed by atoms with E-state index in [1.807, 2.05) is 27.0 Å². The van der Waals surface area contributed by atoms with E-state index in [4.69, 9.17) is 11.6 Å². The van der Waals surface area contributed by atoms with Crippen molar-refractivity contribution < 1.29 is 0 Å². The lowest BCUT2D eigenvalue weighted by atomic mass is 9.96. The van der Waals surface area contributed by atoms with Gasteiger partial charge in [0.25, 0.3) is 0 Å². The Balaban J connectivity index is 2.64. The van der Waals surface area contributed by atoms with Crippen LogP contribution in [0.25, 0.3) is 5.82 Å². The molecule has 0 unspecified atom stereocenters. The first-order chi connectivity index (χ1) is 9.24. The third-order valence-corrected chi connectivity index (χ3v) is 3.61. The van der Waals surface area contributed by atoms with Crippen LogP contribution in [0.1, 0.15) is 38.0 Å². The molecule has 0 aliphatic carbocycles. The standard InChI is InChI=1S/C14H20ClN5/c1-8-12(15)9(2)20(19-8)11-7-10(16-6)17-13(18-11)14(3,4)5/h7H,1-6H3,(H,16,17,18). The summed E-state index contributed by atoms with van der Waals surface area (Å²) < 4.78 is 1.76. The molecule has 0 spiro atoms. The van der Waals surface area contributed by atoms with Crippen molar-refractivity contribution in [2.75, 3.05) is 12.4 Å². The van der Waals surface area contributed by atoms with Crippen LogP contribution in [-0.2, 0) is 5.41 Å². The molecule has 5 nitrogen and oxygen atoms in total. The fraction of sp³-hybridized carbons (Fsp3) is 0.500. The molecule has 108 valence electrons. The molecule has 0 saturated carbocycles. The zero-order chi connectivity index (χ0) is 15.1. The van der Waals surface area contributed by atoms with Gasteiger partial charge in [0.1, 0.15) is 11.6 Å². The molecule has 2 aromatic rings. The predicted molar refractivity (Wildman–Crippen MR) is 81.9 cm³/mol. The third-order valence-electron chi connectivity index (χ3n) is 3.06. The number of nitrogens with zero attached hydrogens (tertiary/aromatic N) is 4. The molecule has 0 radical (unpaired) electrons. The first-order valence-corrected chi connectivity index (χ1v) is 6.91. The summed E-state index contributed by atoms with van der Waals surface area (Å²) in [6.07, 6.45) is 0. The van der Waals surface area contributed by atoms with E-state index in [0.29, 0.717) is 5.02 Å². The highest BCUT2D eigenvalue weighted by atomic mass is 35.5. The second-order valence-corrected chi connectivity index (χ2v) is 6.21. The van der Waals surface area contributed by atoms with Gasteiger partial charge in [0, 0.05) is 18.5 Å². The average molecular weight is 294 g/mol. The number of anilines is 1. The van der Waals surface area contributed by atoms with E-state index in [0.717, 1.165) is 28.8 Å². The summed E-state index contributed by atoms with van der Waals surface area (Å²) in [4.78, 5) is 9.14. The van der Waals surface area contributed by atoms with E-state index < -0.39 is 0 Å². The molecule has 0 atom stereocenters. The van der Waals surface area contributed by atoms with Crippen molar-refractivity contribution in [3.63, 3.8) is 0 Å². The molecule has 2 rings (SSSR count). The van der Waals surface area contributed by atoms with Gasteiger partial charge in [-0.25, -0.2) is 14.6 Å². The van der Waals surface area contributed by atoms with Crippen molar-refractivity contribution in [1.29, 1.82) is 0 Å². The highest BCUT2D eigenvalue weighted by Gasteiger charge is 2.21. The maximum Gasteiger partial charge on any atom is 0.159 e. The molecule has 0 aliphatic rings. The number of nitrogens with one attached hydrogen (secondary N) is 1. The Morgan fingerprint density at radius 2 is 1.85 bits per heavy atom. The predicted octanol–water partition coefficient (Wildman–Crippen LogP) is 3.27. The van der Waals surface area contributed by atoms with Gasteiger partial charge in [0.2, 0.25) is 0 Å². The van der Waals surface area contributed by atoms with Crippen LogP contribution in [-0.4, -0.2) is 26.8 Å². The second-order valence-electron chi connectivity index (χ2n) is 5.83. The van der Waals surface area contributed by atoms with Gasteiger partial charge in [-0.15, -0.1) is 0 Å². The van der Waals surface area contributed by atoms with Crippen LogP contribution in [0, 0.1) is 13.8 Å². The summed E-state index contributed by atoms with van der Waals surface area (Å²) in [6.45, 7) is 10.1. The quantitative estimate of drug-likeness (QED) is 0.923. The monoisotopic (exact) mass is 293 g/mol. The van der Waals surface area contributed by atoms with Gasteiger partial charge in [-0.05, 0) is 13.8 Å². The highest BCUT2D eigenvalue weighted by Crippen LogP contribution is 2.25. The number of aromatic nitrogens is 4. The Hall–Kier alpha value is -1.62. The summed E-state index contributed by atoms with van der Waals surface area (Å²) >= 11 is 6.21. The Morgan fingerprint density at radius 1 is 1.20 bits per heavy atom. The average Bonchev–Trinajstić information content (AvgIpc) is 2.65. The maximum atomic E-state index is 6.21. The zero-order valence-corrected chi connectivity index (χ0v) is 13.5. The second kappa shape index (κ2) is 5.05. The van der Waals surface area contributed by atoms with E-state index in [9.17, 15) is 0 Å². The first-order valence-electron chi connectivity index (χ1n) is 6.53. The van der Waals surface area contributed by atoms with Crippen molar-refractivity contribution in [2.45, 2.75) is 40.0 Å². The van der Waals surface area contributed by atoms with Gasteiger partial charge >= 0.3 is 0 Å². The summed E-state index contributed by atoms with van der Waals surface area (Å²) in [6, 6.07) is 1.87. The highest BCUT2D eigenvalue weighted by molar-refractivity contribution is 6.31. The molecule has 20 heavy (non-hydrogen) atoms. The minimum absolute atomic E-state index is 0.137. The van der Waals surface area contributed by atoms with Gasteiger partial charge in [-0.3, -0.25) is 0 Å². The maximum absolute atomic E-state index is 6.21. The van der Waals surface area contributed by atoms with Crippen molar-refractivity contribution in [3.8, 4) is 5.82 Å². The molecular weight excluding hydrogens is 274 g/mol. The van der Waals surface area contributed by atoms with E-state index in [1.54, 1.807) is 4.68 Å². The number of halogens is 1. The van der Waals surface area contributed by atoms with Crippen molar-refractivity contribution >= 4 is 17.4 Å². The number of hydrogen-bond donors (Lipinski definition) is 1. The SMILES string of the molecule is CNc1cc(-n2nc(C)c(Cl)c2C)nc(C(C)(C)C)n1. The van der Waals surface area contributed by atoms with Crippen LogP contribution in [0.4, 0.5) is 5.82 Å². The van der Waals surface area contributed by atoms with E-state index in [2.05, 4.69) is 41.2 Å². The minimum Gasteiger partial charge on any atom is -0.373 e. The zero-order valence-electron chi connectivity index (χ0n) is 12.7. The molecule has 0 fully saturated rings. The minimum atomic E-state index is -0.137. The lowest BCUT2D eigenvalue weighted by Crippen LogP contribution is -2.19. The van der Waals surface area contributed by atoms with Crippen LogP contribution in [0.2, 0.25) is 5.02 Å². The lowest BCUT2D eigenvalue weighted by molar-refractivity contribution is 0.542. The first kappa shape index (κ1) is 14.8. The van der Waals surface area contributed by atoms with Gasteiger partial charge in [-0.2, -0.15) is 5.10 Å². The van der Waals surface area contributed by atoms with Crippen molar-refractivity contribution in [3.05, 3.63) is 28.3 Å². The molecule has 6 heteroatoms. The summed E-state index contributed by atoms with van der Waals surface area (Å²) in [5.74, 6) is 2.26. The van der Waals surface area contributed by atoms with Crippen molar-refractivity contribution in [1.82, 2.24) is 19.7 Å². The smallest absolute Gasteiger partial charge is 0.159 e. The molecule has 0 amide bonds. The van der Waals surface area contributed by atoms with Gasteiger partial charge in [-0.1, -0.05) is 32.4 Å².